The first-order chi connectivity index (χ1) is 14.3. The van der Waals surface area contributed by atoms with E-state index in [0.29, 0.717) is 12.5 Å². The van der Waals surface area contributed by atoms with Crippen LogP contribution in [0.2, 0.25) is 0 Å². The number of carbonyl (C=O) groups is 2. The van der Waals surface area contributed by atoms with Crippen molar-refractivity contribution in [2.75, 3.05) is 25.0 Å². The summed E-state index contributed by atoms with van der Waals surface area (Å²) in [5.41, 5.74) is -2.66. The zero-order valence-electron chi connectivity index (χ0n) is 17.8. The van der Waals surface area contributed by atoms with Gasteiger partial charge >= 0.3 is 18.3 Å². The summed E-state index contributed by atoms with van der Waals surface area (Å²) in [6, 6.07) is -0.265. The molecule has 1 aromatic rings. The van der Waals surface area contributed by atoms with E-state index in [4.69, 9.17) is 4.74 Å². The van der Waals surface area contributed by atoms with Crippen molar-refractivity contribution in [2.24, 2.45) is 0 Å². The fourth-order valence-corrected chi connectivity index (χ4v) is 3.30. The molecule has 1 aromatic carbocycles. The van der Waals surface area contributed by atoms with Crippen LogP contribution in [-0.4, -0.2) is 64.4 Å². The average molecular weight is 449 g/mol. The molecule has 7 nitrogen and oxygen atoms in total. The number of urea groups is 1. The maximum Gasteiger partial charge on any atom is 0.418 e. The Labute approximate surface area is 177 Å². The number of aliphatic hydroxyl groups excluding tert-OH is 1. The monoisotopic (exact) mass is 449 g/mol. The van der Waals surface area contributed by atoms with Gasteiger partial charge in [-0.25, -0.2) is 14.0 Å². The molecule has 3 amide bonds. The summed E-state index contributed by atoms with van der Waals surface area (Å²) in [5.74, 6) is -1.09. The fraction of sp³-hybridized carbons (Fsp3) is 0.600. The zero-order chi connectivity index (χ0) is 23.6. The number of nitrogens with one attached hydrogen (secondary N) is 1. The largest absolute Gasteiger partial charge is 0.444 e. The van der Waals surface area contributed by atoms with Crippen LogP contribution in [0.3, 0.4) is 0 Å². The number of carbonyl (C=O) groups excluding carboxylic acids is 2. The minimum absolute atomic E-state index is 0.0185. The number of ether oxygens (including phenoxy) is 1. The summed E-state index contributed by atoms with van der Waals surface area (Å²) >= 11 is 0. The number of hydrogen-bond acceptors (Lipinski definition) is 4. The van der Waals surface area contributed by atoms with Gasteiger partial charge in [0.15, 0.2) is 0 Å². The summed E-state index contributed by atoms with van der Waals surface area (Å²) < 4.78 is 58.4. The first-order valence-corrected chi connectivity index (χ1v) is 9.81. The first kappa shape index (κ1) is 24.7. The number of rotatable bonds is 3. The molecule has 1 aliphatic rings. The molecule has 174 valence electrons. The highest BCUT2D eigenvalue weighted by atomic mass is 19.4. The Morgan fingerprint density at radius 3 is 2.29 bits per heavy atom. The van der Waals surface area contributed by atoms with E-state index >= 15 is 0 Å². The van der Waals surface area contributed by atoms with Crippen molar-refractivity contribution in [1.82, 2.24) is 9.80 Å². The second-order valence-corrected chi connectivity index (χ2v) is 8.30. The van der Waals surface area contributed by atoms with Crippen LogP contribution in [-0.2, 0) is 10.9 Å². The molecule has 0 bridgehead atoms. The summed E-state index contributed by atoms with van der Waals surface area (Å²) in [4.78, 5) is 27.9. The molecular formula is C20H27F4N3O4. The van der Waals surface area contributed by atoms with Crippen molar-refractivity contribution in [3.63, 3.8) is 0 Å². The lowest BCUT2D eigenvalue weighted by Crippen LogP contribution is -2.63. The molecule has 2 N–H and O–H groups in total. The SMILES string of the molecule is CC[C@@H]1CN(C(=O)Nc2ccc(F)cc2C(F)(F)F)[C@H](CO)CN1C(=O)OC(C)(C)C. The number of alkyl halides is 3. The Hall–Kier alpha value is -2.56. The number of hydrogen-bond donors (Lipinski definition) is 2. The van der Waals surface area contributed by atoms with Gasteiger partial charge in [0, 0.05) is 13.1 Å². The molecule has 1 fully saturated rings. The normalized spacial score (nSPS) is 19.9. The van der Waals surface area contributed by atoms with Crippen LogP contribution < -0.4 is 5.32 Å². The van der Waals surface area contributed by atoms with Crippen molar-refractivity contribution in [3.05, 3.63) is 29.6 Å². The molecule has 0 unspecified atom stereocenters. The Bertz CT molecular complexity index is 811. The van der Waals surface area contributed by atoms with Gasteiger partial charge < -0.3 is 25.0 Å². The quantitative estimate of drug-likeness (QED) is 0.682. The zero-order valence-corrected chi connectivity index (χ0v) is 17.8. The highest BCUT2D eigenvalue weighted by molar-refractivity contribution is 5.90. The summed E-state index contributed by atoms with van der Waals surface area (Å²) in [5, 5.41) is 11.9. The Kier molecular flexibility index (Phi) is 7.40. The Morgan fingerprint density at radius 1 is 1.16 bits per heavy atom. The fourth-order valence-electron chi connectivity index (χ4n) is 3.30. The number of anilines is 1. The Balaban J connectivity index is 2.23. The van der Waals surface area contributed by atoms with Gasteiger partial charge in [-0.05, 0) is 45.4 Å². The van der Waals surface area contributed by atoms with E-state index < -0.39 is 59.7 Å². The second kappa shape index (κ2) is 9.29. The van der Waals surface area contributed by atoms with Gasteiger partial charge in [-0.3, -0.25) is 0 Å². The van der Waals surface area contributed by atoms with Crippen LogP contribution in [0.4, 0.5) is 32.8 Å². The number of nitrogens with zero attached hydrogens (tertiary/aromatic N) is 2. The number of halogens is 4. The van der Waals surface area contributed by atoms with Crippen molar-refractivity contribution in [1.29, 1.82) is 0 Å². The standard InChI is InChI=1S/C20H27F4N3O4/c1-5-13-9-26(14(11-28)10-27(13)18(30)31-19(2,3)4)17(29)25-16-7-6-12(21)8-15(16)20(22,23)24/h6-8,13-14,28H,5,9-11H2,1-4H3,(H,25,29)/t13-,14+/m1/s1. The van der Waals surface area contributed by atoms with Crippen molar-refractivity contribution >= 4 is 17.8 Å². The molecule has 31 heavy (non-hydrogen) atoms. The molecule has 0 spiro atoms. The number of piperazine rings is 1. The van der Waals surface area contributed by atoms with E-state index in [-0.39, 0.29) is 13.1 Å². The van der Waals surface area contributed by atoms with E-state index in [9.17, 15) is 32.3 Å². The molecule has 0 aromatic heterocycles. The topological polar surface area (TPSA) is 82.1 Å². The van der Waals surface area contributed by atoms with Gasteiger partial charge in [0.2, 0.25) is 0 Å². The third-order valence-corrected chi connectivity index (χ3v) is 4.80. The van der Waals surface area contributed by atoms with Gasteiger partial charge in [0.1, 0.15) is 11.4 Å². The van der Waals surface area contributed by atoms with Gasteiger partial charge in [-0.2, -0.15) is 13.2 Å². The predicted molar refractivity (Wildman–Crippen MR) is 105 cm³/mol. The predicted octanol–water partition coefficient (Wildman–Crippen LogP) is 4.07. The van der Waals surface area contributed by atoms with E-state index in [1.165, 1.54) is 9.80 Å². The lowest BCUT2D eigenvalue weighted by molar-refractivity contribution is -0.137. The highest BCUT2D eigenvalue weighted by Crippen LogP contribution is 2.35. The molecule has 0 saturated carbocycles. The number of amides is 3. The first-order valence-electron chi connectivity index (χ1n) is 9.81. The van der Waals surface area contributed by atoms with Gasteiger partial charge in [-0.1, -0.05) is 6.92 Å². The molecular weight excluding hydrogens is 422 g/mol. The van der Waals surface area contributed by atoms with Gasteiger partial charge in [-0.15, -0.1) is 0 Å². The molecule has 1 heterocycles. The van der Waals surface area contributed by atoms with E-state index in [1.54, 1.807) is 27.7 Å². The molecule has 0 radical (unpaired) electrons. The summed E-state index contributed by atoms with van der Waals surface area (Å²) in [6.45, 7) is 6.33. The lowest BCUT2D eigenvalue weighted by atomic mass is 10.1. The van der Waals surface area contributed by atoms with Crippen LogP contribution in [0.25, 0.3) is 0 Å². The van der Waals surface area contributed by atoms with Crippen molar-refractivity contribution in [3.8, 4) is 0 Å². The number of aliphatic hydroxyl groups is 1. The molecule has 0 aliphatic carbocycles. The second-order valence-electron chi connectivity index (χ2n) is 8.30. The lowest BCUT2D eigenvalue weighted by Gasteiger charge is -2.45. The summed E-state index contributed by atoms with van der Waals surface area (Å²) in [6.07, 6.45) is -5.02. The smallest absolute Gasteiger partial charge is 0.418 e. The van der Waals surface area contributed by atoms with Crippen LogP contribution in [0.15, 0.2) is 18.2 Å². The van der Waals surface area contributed by atoms with Crippen LogP contribution in [0.5, 0.6) is 0 Å². The minimum atomic E-state index is -4.87. The maximum atomic E-state index is 13.3. The molecule has 11 heteroatoms. The van der Waals surface area contributed by atoms with Crippen LogP contribution in [0, 0.1) is 5.82 Å². The van der Waals surface area contributed by atoms with E-state index in [1.807, 2.05) is 0 Å². The highest BCUT2D eigenvalue weighted by Gasteiger charge is 2.40. The third-order valence-electron chi connectivity index (χ3n) is 4.80. The number of benzene rings is 1. The van der Waals surface area contributed by atoms with Gasteiger partial charge in [0.25, 0.3) is 0 Å². The average Bonchev–Trinajstić information content (AvgIpc) is 2.65. The third kappa shape index (κ3) is 6.22. The van der Waals surface area contributed by atoms with Gasteiger partial charge in [0.05, 0.1) is 29.9 Å². The molecule has 2 rings (SSSR count). The van der Waals surface area contributed by atoms with E-state index in [2.05, 4.69) is 5.32 Å². The van der Waals surface area contributed by atoms with Crippen LogP contribution >= 0.6 is 0 Å². The molecule has 1 saturated heterocycles. The van der Waals surface area contributed by atoms with Crippen molar-refractivity contribution in [2.45, 2.75) is 58.0 Å². The van der Waals surface area contributed by atoms with Crippen molar-refractivity contribution < 1.29 is 37.0 Å². The molecule has 1 aliphatic heterocycles. The van der Waals surface area contributed by atoms with E-state index in [0.717, 1.165) is 12.1 Å². The summed E-state index contributed by atoms with van der Waals surface area (Å²) in [7, 11) is 0. The van der Waals surface area contributed by atoms with Crippen LogP contribution in [0.1, 0.15) is 39.7 Å². The Morgan fingerprint density at radius 2 is 1.77 bits per heavy atom. The minimum Gasteiger partial charge on any atom is -0.444 e. The maximum absolute atomic E-state index is 13.3. The molecule has 2 atom stereocenters.